The Morgan fingerprint density at radius 2 is 1.93 bits per heavy atom. The van der Waals surface area contributed by atoms with Gasteiger partial charge in [-0.3, -0.25) is 9.59 Å². The zero-order valence-electron chi connectivity index (χ0n) is 16.1. The van der Waals surface area contributed by atoms with Crippen molar-refractivity contribution >= 4 is 17.5 Å². The molecular formula is C22H27FO4. The third kappa shape index (κ3) is 2.43. The Morgan fingerprint density at radius 1 is 1.22 bits per heavy atom. The first-order valence-electron chi connectivity index (χ1n) is 9.96. The van der Waals surface area contributed by atoms with E-state index in [-0.39, 0.29) is 34.9 Å². The molecule has 8 atom stereocenters. The number of allylic oxidation sites excluding steroid dienone is 4. The number of rotatable bonds is 2. The van der Waals surface area contributed by atoms with Crippen LogP contribution in [-0.4, -0.2) is 28.8 Å². The van der Waals surface area contributed by atoms with E-state index in [0.717, 1.165) is 19.3 Å². The number of carbonyl (C=O) groups is 3. The lowest BCUT2D eigenvalue weighted by atomic mass is 9.47. The average molecular weight is 374 g/mol. The molecule has 3 saturated carbocycles. The van der Waals surface area contributed by atoms with Crippen molar-refractivity contribution in [2.45, 2.75) is 52.6 Å². The molecule has 0 aromatic rings. The average Bonchev–Trinajstić information content (AvgIpc) is 2.86. The normalized spacial score (nSPS) is 48.3. The van der Waals surface area contributed by atoms with Gasteiger partial charge in [0.25, 0.3) is 0 Å². The Balaban J connectivity index is 1.72. The van der Waals surface area contributed by atoms with Crippen LogP contribution in [-0.2, 0) is 14.4 Å². The molecule has 0 aliphatic heterocycles. The van der Waals surface area contributed by atoms with Crippen molar-refractivity contribution in [1.29, 1.82) is 0 Å². The summed E-state index contributed by atoms with van der Waals surface area (Å²) >= 11 is 0. The van der Waals surface area contributed by atoms with E-state index in [1.165, 1.54) is 6.08 Å². The highest BCUT2D eigenvalue weighted by Crippen LogP contribution is 2.67. The van der Waals surface area contributed by atoms with Crippen LogP contribution in [0.1, 0.15) is 46.5 Å². The standard InChI is InChI=1S/C22H27FO4/c1-11-8-15-13-10-17(23)16-9-12(24)4-6-21(16,2)14(13)5-7-22(15,3)18(11)19(25)20(26)27/h4,6,9,11,13-15,17-18H,5,7-8,10H2,1-3H3,(H,26,27)/t11-,13-,14+,15+,17+,18-,21-,22+/m1/s1. The second-order valence-electron chi connectivity index (χ2n) is 9.60. The molecule has 0 unspecified atom stereocenters. The minimum absolute atomic E-state index is 0.00590. The van der Waals surface area contributed by atoms with Crippen molar-refractivity contribution in [3.63, 3.8) is 0 Å². The fourth-order valence-electron chi connectivity index (χ4n) is 7.26. The zero-order valence-corrected chi connectivity index (χ0v) is 16.1. The van der Waals surface area contributed by atoms with E-state index in [1.807, 2.05) is 26.8 Å². The number of alkyl halides is 1. The molecule has 0 bridgehead atoms. The minimum atomic E-state index is -1.35. The molecule has 0 spiro atoms. The van der Waals surface area contributed by atoms with Gasteiger partial charge in [-0.05, 0) is 72.5 Å². The van der Waals surface area contributed by atoms with Crippen LogP contribution in [0.4, 0.5) is 4.39 Å². The van der Waals surface area contributed by atoms with Crippen LogP contribution in [0.3, 0.4) is 0 Å². The molecule has 0 amide bonds. The summed E-state index contributed by atoms with van der Waals surface area (Å²) < 4.78 is 15.2. The van der Waals surface area contributed by atoms with Crippen LogP contribution in [0.2, 0.25) is 0 Å². The summed E-state index contributed by atoms with van der Waals surface area (Å²) in [5, 5.41) is 9.30. The monoisotopic (exact) mass is 374 g/mol. The molecule has 0 heterocycles. The SMILES string of the molecule is C[C@@H]1C[C@H]2[C@@H]3C[C@H](F)C4=CC(=O)C=C[C@]4(C)[C@H]3CC[C@]2(C)[C@H]1C(=O)C(=O)O. The van der Waals surface area contributed by atoms with Gasteiger partial charge in [-0.15, -0.1) is 0 Å². The number of carboxylic acid groups (broad SMARTS) is 1. The van der Waals surface area contributed by atoms with Gasteiger partial charge in [0.05, 0.1) is 0 Å². The maximum Gasteiger partial charge on any atom is 0.372 e. The predicted octanol–water partition coefficient (Wildman–Crippen LogP) is 3.76. The second-order valence-corrected chi connectivity index (χ2v) is 9.60. The molecule has 4 nitrogen and oxygen atoms in total. The number of ketones is 2. The smallest absolute Gasteiger partial charge is 0.372 e. The number of halogens is 1. The van der Waals surface area contributed by atoms with Crippen LogP contribution in [0, 0.1) is 40.4 Å². The highest BCUT2D eigenvalue weighted by atomic mass is 19.1. The topological polar surface area (TPSA) is 71.4 Å². The van der Waals surface area contributed by atoms with E-state index in [4.69, 9.17) is 0 Å². The molecule has 27 heavy (non-hydrogen) atoms. The molecule has 1 N–H and O–H groups in total. The molecule has 0 radical (unpaired) electrons. The molecule has 3 fully saturated rings. The van der Waals surface area contributed by atoms with Gasteiger partial charge in [0.1, 0.15) is 6.17 Å². The number of Topliss-reactive ketones (excluding diaryl/α,β-unsaturated/α-hetero) is 1. The van der Waals surface area contributed by atoms with Crippen LogP contribution >= 0.6 is 0 Å². The van der Waals surface area contributed by atoms with Gasteiger partial charge in [0.2, 0.25) is 5.78 Å². The number of carboxylic acids is 1. The fraction of sp³-hybridized carbons (Fsp3) is 0.682. The molecule has 4 rings (SSSR count). The number of aliphatic carboxylic acids is 1. The first-order chi connectivity index (χ1) is 12.6. The highest BCUT2D eigenvalue weighted by molar-refractivity contribution is 6.33. The van der Waals surface area contributed by atoms with Gasteiger partial charge in [0, 0.05) is 11.3 Å². The van der Waals surface area contributed by atoms with Crippen molar-refractivity contribution in [3.8, 4) is 0 Å². The van der Waals surface area contributed by atoms with Crippen molar-refractivity contribution in [3.05, 3.63) is 23.8 Å². The molecule has 0 aromatic heterocycles. The third-order valence-electron chi connectivity index (χ3n) is 8.37. The Labute approximate surface area is 158 Å². The van der Waals surface area contributed by atoms with Gasteiger partial charge in [-0.2, -0.15) is 0 Å². The van der Waals surface area contributed by atoms with Gasteiger partial charge >= 0.3 is 5.97 Å². The lowest BCUT2D eigenvalue weighted by Gasteiger charge is -2.57. The Kier molecular flexibility index (Phi) is 4.03. The van der Waals surface area contributed by atoms with E-state index in [0.29, 0.717) is 12.0 Å². The van der Waals surface area contributed by atoms with E-state index < -0.39 is 29.3 Å². The predicted molar refractivity (Wildman–Crippen MR) is 97.6 cm³/mol. The minimum Gasteiger partial charge on any atom is -0.475 e. The summed E-state index contributed by atoms with van der Waals surface area (Å²) in [6.45, 7) is 6.04. The summed E-state index contributed by atoms with van der Waals surface area (Å²) in [6.07, 6.45) is 6.50. The molecule has 4 aliphatic carbocycles. The van der Waals surface area contributed by atoms with E-state index in [2.05, 4.69) is 0 Å². The molecule has 5 heteroatoms. The summed E-state index contributed by atoms with van der Waals surface area (Å²) in [5.41, 5.74) is -0.249. The van der Waals surface area contributed by atoms with Crippen LogP contribution in [0.25, 0.3) is 0 Å². The first-order valence-corrected chi connectivity index (χ1v) is 9.96. The van der Waals surface area contributed by atoms with E-state index in [9.17, 15) is 19.5 Å². The first kappa shape index (κ1) is 18.6. The van der Waals surface area contributed by atoms with E-state index >= 15 is 4.39 Å². The molecular weight excluding hydrogens is 347 g/mol. The zero-order chi connectivity index (χ0) is 19.7. The molecule has 0 aromatic carbocycles. The number of fused-ring (bicyclic) bond motifs is 5. The maximum absolute atomic E-state index is 15.2. The molecule has 0 saturated heterocycles. The van der Waals surface area contributed by atoms with Gasteiger partial charge in [-0.25, -0.2) is 9.18 Å². The van der Waals surface area contributed by atoms with Crippen molar-refractivity contribution in [1.82, 2.24) is 0 Å². The van der Waals surface area contributed by atoms with Crippen molar-refractivity contribution in [2.24, 2.45) is 40.4 Å². The molecule has 146 valence electrons. The maximum atomic E-state index is 15.2. The fourth-order valence-corrected chi connectivity index (χ4v) is 7.26. The number of carbonyl (C=O) groups excluding carboxylic acids is 2. The third-order valence-corrected chi connectivity index (χ3v) is 8.37. The van der Waals surface area contributed by atoms with Crippen LogP contribution < -0.4 is 0 Å². The second kappa shape index (κ2) is 5.86. The summed E-state index contributed by atoms with van der Waals surface area (Å²) in [5.74, 6) is -2.21. The van der Waals surface area contributed by atoms with E-state index in [1.54, 1.807) is 6.08 Å². The van der Waals surface area contributed by atoms with Crippen LogP contribution in [0.15, 0.2) is 23.8 Å². The van der Waals surface area contributed by atoms with Crippen LogP contribution in [0.5, 0.6) is 0 Å². The number of hydrogen-bond acceptors (Lipinski definition) is 3. The van der Waals surface area contributed by atoms with Crippen molar-refractivity contribution < 1.29 is 23.9 Å². The van der Waals surface area contributed by atoms with Gasteiger partial charge in [-0.1, -0.05) is 26.8 Å². The molecule has 4 aliphatic rings. The lowest BCUT2D eigenvalue weighted by molar-refractivity contribution is -0.155. The Hall–Kier alpha value is -1.78. The summed E-state index contributed by atoms with van der Waals surface area (Å²) in [4.78, 5) is 35.6. The summed E-state index contributed by atoms with van der Waals surface area (Å²) in [6, 6.07) is 0. The largest absolute Gasteiger partial charge is 0.475 e. The quantitative estimate of drug-likeness (QED) is 0.747. The Bertz CT molecular complexity index is 783. The highest BCUT2D eigenvalue weighted by Gasteiger charge is 2.63. The lowest BCUT2D eigenvalue weighted by Crippen LogP contribution is -2.53. The van der Waals surface area contributed by atoms with Gasteiger partial charge < -0.3 is 5.11 Å². The van der Waals surface area contributed by atoms with Gasteiger partial charge in [0.15, 0.2) is 5.78 Å². The summed E-state index contributed by atoms with van der Waals surface area (Å²) in [7, 11) is 0. The Morgan fingerprint density at radius 3 is 2.59 bits per heavy atom. The number of hydrogen-bond donors (Lipinski definition) is 1. The van der Waals surface area contributed by atoms with Crippen molar-refractivity contribution in [2.75, 3.05) is 0 Å².